The molecule has 2 N–H and O–H groups in total. The van der Waals surface area contributed by atoms with E-state index >= 15 is 0 Å². The Hall–Kier alpha value is -5.14. The van der Waals surface area contributed by atoms with Gasteiger partial charge in [0.25, 0.3) is 5.69 Å². The number of carbonyl (C=O) groups is 1. The van der Waals surface area contributed by atoms with Crippen LogP contribution >= 0.6 is 0 Å². The van der Waals surface area contributed by atoms with Gasteiger partial charge in [0.1, 0.15) is 17.3 Å². The van der Waals surface area contributed by atoms with Gasteiger partial charge in [0.2, 0.25) is 5.95 Å². The van der Waals surface area contributed by atoms with Crippen molar-refractivity contribution >= 4 is 40.1 Å². The number of amides is 1. The van der Waals surface area contributed by atoms with Crippen LogP contribution < -0.4 is 26.0 Å². The van der Waals surface area contributed by atoms with Crippen molar-refractivity contribution in [3.8, 4) is 11.6 Å². The first-order chi connectivity index (χ1) is 19.9. The largest absolute Gasteiger partial charge is 0.494 e. The average Bonchev–Trinajstić information content (AvgIpc) is 3.19. The molecule has 4 rings (SSSR count). The third-order valence-electron chi connectivity index (χ3n) is 6.33. The van der Waals surface area contributed by atoms with Crippen LogP contribution in [0.1, 0.15) is 27.2 Å². The van der Waals surface area contributed by atoms with Crippen molar-refractivity contribution in [3.05, 3.63) is 69.3 Å². The predicted octanol–water partition coefficient (Wildman–Crippen LogP) is 4.13. The number of anilines is 3. The number of methoxy groups -OCH3 is 1. The van der Waals surface area contributed by atoms with Crippen molar-refractivity contribution in [1.29, 1.82) is 0 Å². The summed E-state index contributed by atoms with van der Waals surface area (Å²) in [6.07, 6.45) is 1.41. The fourth-order valence-corrected chi connectivity index (χ4v) is 4.37. The monoisotopic (exact) mass is 578 g/mol. The van der Waals surface area contributed by atoms with Gasteiger partial charge in [-0.3, -0.25) is 14.7 Å². The van der Waals surface area contributed by atoms with E-state index in [2.05, 4.69) is 20.6 Å². The molecule has 2 aromatic carbocycles. The molecule has 0 spiro atoms. The third-order valence-corrected chi connectivity index (χ3v) is 6.33. The van der Waals surface area contributed by atoms with Crippen LogP contribution in [0.3, 0.4) is 0 Å². The Labute approximate surface area is 242 Å². The summed E-state index contributed by atoms with van der Waals surface area (Å²) >= 11 is 0. The SMILES string of the molecule is COc1cc(N(C)CCCOC(=O)NC(C)(C)C)c([N+](=O)[O-])cc1Nc1nccc(-n2c(=O)n(C)c3ccccc32)n1. The lowest BCUT2D eigenvalue weighted by atomic mass is 10.1. The van der Waals surface area contributed by atoms with E-state index in [-0.39, 0.29) is 29.6 Å². The highest BCUT2D eigenvalue weighted by atomic mass is 16.6. The molecule has 14 nitrogen and oxygen atoms in total. The normalized spacial score (nSPS) is 11.3. The summed E-state index contributed by atoms with van der Waals surface area (Å²) < 4.78 is 13.7. The highest BCUT2D eigenvalue weighted by Crippen LogP contribution is 2.39. The summed E-state index contributed by atoms with van der Waals surface area (Å²) in [5.41, 5.74) is 1.14. The number of hydrogen-bond donors (Lipinski definition) is 2. The molecule has 0 atom stereocenters. The minimum absolute atomic E-state index is 0.117. The topological polar surface area (TPSA) is 159 Å². The molecule has 0 aliphatic carbocycles. The fourth-order valence-electron chi connectivity index (χ4n) is 4.37. The Balaban J connectivity index is 1.56. The molecule has 0 aliphatic rings. The van der Waals surface area contributed by atoms with E-state index in [1.54, 1.807) is 31.1 Å². The number of nitrogens with one attached hydrogen (secondary N) is 2. The minimum atomic E-state index is -0.523. The standard InChI is InChI=1S/C28H34N8O6/c1-28(2,3)32-26(37)42-15-9-14-33(4)21-17-23(41-6)18(16-22(21)36(39)40)30-25-29-13-12-24(31-25)35-20-11-8-7-10-19(20)34(5)27(35)38/h7-8,10-13,16-17H,9,14-15H2,1-6H3,(H,32,37)(H,29,30,31). The Morgan fingerprint density at radius 2 is 1.88 bits per heavy atom. The number of benzene rings is 2. The van der Waals surface area contributed by atoms with E-state index in [4.69, 9.17) is 9.47 Å². The van der Waals surface area contributed by atoms with E-state index in [9.17, 15) is 19.7 Å². The van der Waals surface area contributed by atoms with Crippen LogP contribution in [0.2, 0.25) is 0 Å². The molecule has 2 heterocycles. The molecule has 0 unspecified atom stereocenters. The zero-order valence-corrected chi connectivity index (χ0v) is 24.4. The van der Waals surface area contributed by atoms with Crippen molar-refractivity contribution in [2.45, 2.75) is 32.7 Å². The summed E-state index contributed by atoms with van der Waals surface area (Å²) in [6, 6.07) is 11.8. The second-order valence-corrected chi connectivity index (χ2v) is 10.6. The van der Waals surface area contributed by atoms with Crippen LogP contribution in [0.4, 0.5) is 27.8 Å². The number of ether oxygens (including phenoxy) is 2. The van der Waals surface area contributed by atoms with Crippen molar-refractivity contribution in [2.75, 3.05) is 37.5 Å². The summed E-state index contributed by atoms with van der Waals surface area (Å²) in [6.45, 7) is 6.07. The van der Waals surface area contributed by atoms with Gasteiger partial charge in [-0.15, -0.1) is 0 Å². The van der Waals surface area contributed by atoms with Crippen molar-refractivity contribution in [1.82, 2.24) is 24.4 Å². The zero-order chi connectivity index (χ0) is 30.6. The molecule has 0 saturated heterocycles. The molecule has 0 bridgehead atoms. The number of aryl methyl sites for hydroxylation is 1. The summed E-state index contributed by atoms with van der Waals surface area (Å²) in [7, 11) is 4.84. The number of para-hydroxylation sites is 2. The number of carbonyl (C=O) groups excluding carboxylic acids is 1. The lowest BCUT2D eigenvalue weighted by molar-refractivity contribution is -0.384. The smallest absolute Gasteiger partial charge is 0.407 e. The molecular formula is C28H34N8O6. The number of hydrogen-bond acceptors (Lipinski definition) is 10. The van der Waals surface area contributed by atoms with Crippen LogP contribution in [0.25, 0.3) is 16.9 Å². The van der Waals surface area contributed by atoms with Gasteiger partial charge in [-0.25, -0.2) is 19.1 Å². The number of imidazole rings is 1. The predicted molar refractivity (Wildman–Crippen MR) is 159 cm³/mol. The van der Waals surface area contributed by atoms with Gasteiger partial charge < -0.3 is 25.0 Å². The molecule has 0 aliphatic heterocycles. The first-order valence-electron chi connectivity index (χ1n) is 13.2. The van der Waals surface area contributed by atoms with E-state index in [0.29, 0.717) is 35.7 Å². The fraction of sp³-hybridized carbons (Fsp3) is 0.357. The van der Waals surface area contributed by atoms with Gasteiger partial charge in [0.15, 0.2) is 0 Å². The minimum Gasteiger partial charge on any atom is -0.494 e. The van der Waals surface area contributed by atoms with Gasteiger partial charge in [-0.1, -0.05) is 12.1 Å². The van der Waals surface area contributed by atoms with Gasteiger partial charge >= 0.3 is 11.8 Å². The number of nitrogens with zero attached hydrogens (tertiary/aromatic N) is 6. The first kappa shape index (κ1) is 29.8. The second-order valence-electron chi connectivity index (χ2n) is 10.6. The van der Waals surface area contributed by atoms with Crippen molar-refractivity contribution in [2.24, 2.45) is 7.05 Å². The van der Waals surface area contributed by atoms with E-state index < -0.39 is 16.6 Å². The number of nitro benzene ring substituents is 1. The summed E-state index contributed by atoms with van der Waals surface area (Å²) in [4.78, 5) is 46.9. The average molecular weight is 579 g/mol. The Morgan fingerprint density at radius 3 is 2.55 bits per heavy atom. The zero-order valence-electron chi connectivity index (χ0n) is 24.4. The molecule has 14 heteroatoms. The van der Waals surface area contributed by atoms with Gasteiger partial charge in [-0.05, 0) is 39.3 Å². The maximum absolute atomic E-state index is 13.0. The maximum atomic E-state index is 13.0. The first-order valence-corrected chi connectivity index (χ1v) is 13.2. The molecule has 0 saturated carbocycles. The van der Waals surface area contributed by atoms with Crippen molar-refractivity contribution < 1.29 is 19.2 Å². The lowest BCUT2D eigenvalue weighted by Crippen LogP contribution is -2.41. The molecule has 1 amide bonds. The number of rotatable bonds is 10. The number of aromatic nitrogens is 4. The highest BCUT2D eigenvalue weighted by molar-refractivity contribution is 5.78. The Bertz CT molecular complexity index is 1670. The van der Waals surface area contributed by atoms with Crippen LogP contribution in [0.15, 0.2) is 53.5 Å². The molecule has 42 heavy (non-hydrogen) atoms. The maximum Gasteiger partial charge on any atom is 0.407 e. The van der Waals surface area contributed by atoms with Gasteiger partial charge in [0.05, 0.1) is 35.4 Å². The summed E-state index contributed by atoms with van der Waals surface area (Å²) in [5, 5.41) is 17.8. The van der Waals surface area contributed by atoms with E-state index in [1.165, 1.54) is 28.5 Å². The number of fused-ring (bicyclic) bond motifs is 1. The molecule has 2 aromatic heterocycles. The van der Waals surface area contributed by atoms with Gasteiger partial charge in [0, 0.05) is 50.6 Å². The van der Waals surface area contributed by atoms with Crippen LogP contribution in [-0.4, -0.2) is 63.0 Å². The van der Waals surface area contributed by atoms with Crippen LogP contribution in [0, 0.1) is 10.1 Å². The van der Waals surface area contributed by atoms with E-state index in [1.807, 2.05) is 45.0 Å². The number of nitro groups is 1. The Kier molecular flexibility index (Phi) is 8.64. The van der Waals surface area contributed by atoms with Crippen LogP contribution in [-0.2, 0) is 11.8 Å². The van der Waals surface area contributed by atoms with Gasteiger partial charge in [-0.2, -0.15) is 4.98 Å². The third kappa shape index (κ3) is 6.59. The Morgan fingerprint density at radius 1 is 1.17 bits per heavy atom. The molecule has 0 fully saturated rings. The number of alkyl carbamates (subject to hydrolysis) is 1. The molecule has 4 aromatic rings. The lowest BCUT2D eigenvalue weighted by Gasteiger charge is -2.22. The van der Waals surface area contributed by atoms with Crippen LogP contribution in [0.5, 0.6) is 5.75 Å². The van der Waals surface area contributed by atoms with E-state index in [0.717, 1.165) is 5.52 Å². The van der Waals surface area contributed by atoms with Crippen molar-refractivity contribution in [3.63, 3.8) is 0 Å². The molecular weight excluding hydrogens is 544 g/mol. The highest BCUT2D eigenvalue weighted by Gasteiger charge is 2.23. The second kappa shape index (κ2) is 12.2. The molecule has 0 radical (unpaired) electrons. The quantitative estimate of drug-likeness (QED) is 0.159. The summed E-state index contributed by atoms with van der Waals surface area (Å²) in [5.74, 6) is 0.767. The molecule has 222 valence electrons.